The van der Waals surface area contributed by atoms with Crippen molar-refractivity contribution in [1.29, 1.82) is 0 Å². The highest BCUT2D eigenvalue weighted by Crippen LogP contribution is 2.61. The molecular formula is C56H35N5. The van der Waals surface area contributed by atoms with E-state index in [1.807, 2.05) is 0 Å². The standard InChI is InChI=1S/C56H35N5/c1-3-17-36(18-4-1)58-49-28-14-9-23-41(49)43-35-54-44(34-53(43)58)42-24-10-15-29-50(42)59(54)38-31-32-51-47(33-38)56(45-25-11-7-21-39(45)40-22-8-12-26-46(40)56)61(37-19-5-2-6-20-37)55-57-48-27-13-16-30-52(48)60(51)55/h1-35H. The van der Waals surface area contributed by atoms with Crippen molar-refractivity contribution < 1.29 is 0 Å². The maximum Gasteiger partial charge on any atom is 0.217 e. The van der Waals surface area contributed by atoms with E-state index in [4.69, 9.17) is 4.98 Å². The molecule has 0 saturated heterocycles. The molecule has 61 heavy (non-hydrogen) atoms. The Hall–Kier alpha value is -8.15. The summed E-state index contributed by atoms with van der Waals surface area (Å²) < 4.78 is 7.29. The van der Waals surface area contributed by atoms with Crippen LogP contribution < -0.4 is 4.90 Å². The van der Waals surface area contributed by atoms with Crippen LogP contribution in [-0.4, -0.2) is 18.7 Å². The van der Waals surface area contributed by atoms with Gasteiger partial charge in [-0.15, -0.1) is 0 Å². The van der Waals surface area contributed by atoms with Gasteiger partial charge >= 0.3 is 0 Å². The van der Waals surface area contributed by atoms with Crippen molar-refractivity contribution in [3.8, 4) is 28.2 Å². The van der Waals surface area contributed by atoms with E-state index in [1.54, 1.807) is 0 Å². The van der Waals surface area contributed by atoms with E-state index >= 15 is 0 Å². The zero-order valence-electron chi connectivity index (χ0n) is 32.9. The fraction of sp³-hybridized carbons (Fsp3) is 0.0179. The minimum absolute atomic E-state index is 0.744. The number of imidazole rings is 1. The maximum absolute atomic E-state index is 5.49. The quantitative estimate of drug-likeness (QED) is 0.179. The molecule has 3 aromatic heterocycles. The van der Waals surface area contributed by atoms with E-state index in [0.29, 0.717) is 0 Å². The van der Waals surface area contributed by atoms with Crippen LogP contribution in [-0.2, 0) is 5.54 Å². The second-order valence-corrected chi connectivity index (χ2v) is 16.3. The summed E-state index contributed by atoms with van der Waals surface area (Å²) in [4.78, 5) is 8.00. The first kappa shape index (κ1) is 32.8. The molecule has 14 rings (SSSR count). The van der Waals surface area contributed by atoms with Crippen molar-refractivity contribution in [2.24, 2.45) is 0 Å². The van der Waals surface area contributed by atoms with Gasteiger partial charge in [0.25, 0.3) is 0 Å². The molecule has 0 fully saturated rings. The molecule has 4 heterocycles. The average Bonchev–Trinajstić information content (AvgIpc) is 4.05. The third-order valence-electron chi connectivity index (χ3n) is 13.4. The van der Waals surface area contributed by atoms with Crippen LogP contribution in [0.15, 0.2) is 212 Å². The van der Waals surface area contributed by atoms with Crippen LogP contribution in [0.3, 0.4) is 0 Å². The van der Waals surface area contributed by atoms with E-state index in [1.165, 1.54) is 71.4 Å². The number of rotatable bonds is 3. The Bertz CT molecular complexity index is 3730. The molecule has 0 unspecified atom stereocenters. The number of anilines is 2. The van der Waals surface area contributed by atoms with E-state index in [-0.39, 0.29) is 0 Å². The van der Waals surface area contributed by atoms with Crippen LogP contribution in [0.2, 0.25) is 0 Å². The lowest BCUT2D eigenvalue weighted by Crippen LogP contribution is -2.48. The summed E-state index contributed by atoms with van der Waals surface area (Å²) in [5.74, 6) is 0.896. The van der Waals surface area contributed by atoms with Crippen LogP contribution in [0.25, 0.3) is 82.8 Å². The minimum Gasteiger partial charge on any atom is -0.309 e. The van der Waals surface area contributed by atoms with Gasteiger partial charge in [-0.25, -0.2) is 4.98 Å². The fourth-order valence-corrected chi connectivity index (χ4v) is 11.0. The van der Waals surface area contributed by atoms with Crippen LogP contribution in [0, 0.1) is 0 Å². The van der Waals surface area contributed by atoms with Crippen molar-refractivity contribution in [1.82, 2.24) is 18.7 Å². The third-order valence-corrected chi connectivity index (χ3v) is 13.4. The van der Waals surface area contributed by atoms with Gasteiger partial charge in [0.1, 0.15) is 5.54 Å². The molecule has 0 N–H and O–H groups in total. The number of hydrogen-bond donors (Lipinski definition) is 0. The molecule has 5 heteroatoms. The van der Waals surface area contributed by atoms with E-state index in [9.17, 15) is 0 Å². The maximum atomic E-state index is 5.49. The summed E-state index contributed by atoms with van der Waals surface area (Å²) in [5.41, 5.74) is 16.7. The van der Waals surface area contributed by atoms with Crippen LogP contribution in [0.4, 0.5) is 11.6 Å². The zero-order valence-corrected chi connectivity index (χ0v) is 32.9. The van der Waals surface area contributed by atoms with Crippen molar-refractivity contribution in [2.45, 2.75) is 5.54 Å². The van der Waals surface area contributed by atoms with Crippen LogP contribution in [0.5, 0.6) is 0 Å². The number of para-hydroxylation sites is 6. The number of aromatic nitrogens is 4. The van der Waals surface area contributed by atoms with Gasteiger partial charge in [0, 0.05) is 44.2 Å². The molecular weight excluding hydrogens is 743 g/mol. The van der Waals surface area contributed by atoms with Gasteiger partial charge < -0.3 is 9.13 Å². The van der Waals surface area contributed by atoms with Gasteiger partial charge in [-0.3, -0.25) is 9.47 Å². The molecule has 0 bridgehead atoms. The highest BCUT2D eigenvalue weighted by molar-refractivity contribution is 6.19. The molecule has 284 valence electrons. The van der Waals surface area contributed by atoms with Crippen molar-refractivity contribution in [2.75, 3.05) is 4.90 Å². The largest absolute Gasteiger partial charge is 0.309 e. The topological polar surface area (TPSA) is 30.9 Å². The lowest BCUT2D eigenvalue weighted by molar-refractivity contribution is 0.602. The smallest absolute Gasteiger partial charge is 0.217 e. The summed E-state index contributed by atoms with van der Waals surface area (Å²) >= 11 is 0. The zero-order chi connectivity index (χ0) is 39.8. The van der Waals surface area contributed by atoms with Crippen LogP contribution >= 0.6 is 0 Å². The number of hydrogen-bond acceptors (Lipinski definition) is 2. The van der Waals surface area contributed by atoms with Gasteiger partial charge in [0.2, 0.25) is 5.95 Å². The molecule has 0 amide bonds. The Labute approximate surface area is 351 Å². The van der Waals surface area contributed by atoms with Gasteiger partial charge in [-0.2, -0.15) is 0 Å². The Morgan fingerprint density at radius 1 is 0.328 bits per heavy atom. The first-order valence-electron chi connectivity index (χ1n) is 21.0. The average molecular weight is 778 g/mol. The Kier molecular flexibility index (Phi) is 6.43. The summed E-state index contributed by atoms with van der Waals surface area (Å²) in [6.45, 7) is 0. The minimum atomic E-state index is -0.744. The molecule has 0 saturated carbocycles. The fourth-order valence-electron chi connectivity index (χ4n) is 11.0. The molecule has 1 aliphatic carbocycles. The van der Waals surface area contributed by atoms with E-state index in [0.717, 1.165) is 39.7 Å². The predicted molar refractivity (Wildman–Crippen MR) is 250 cm³/mol. The van der Waals surface area contributed by atoms with E-state index < -0.39 is 5.54 Å². The lowest BCUT2D eigenvalue weighted by atomic mass is 9.76. The molecule has 0 radical (unpaired) electrons. The molecule has 12 aromatic rings. The number of fused-ring (bicyclic) bond motifs is 17. The predicted octanol–water partition coefficient (Wildman–Crippen LogP) is 13.6. The van der Waals surface area contributed by atoms with Gasteiger partial charge in [-0.1, -0.05) is 133 Å². The lowest BCUT2D eigenvalue weighted by Gasteiger charge is -2.48. The Balaban J connectivity index is 1.13. The second kappa shape index (κ2) is 12.0. The van der Waals surface area contributed by atoms with Gasteiger partial charge in [0.15, 0.2) is 0 Å². The molecule has 0 atom stereocenters. The Morgan fingerprint density at radius 2 is 0.836 bits per heavy atom. The molecule has 1 aliphatic heterocycles. The highest BCUT2D eigenvalue weighted by Gasteiger charge is 2.55. The first-order valence-corrected chi connectivity index (χ1v) is 21.0. The normalized spacial score (nSPS) is 13.7. The van der Waals surface area contributed by atoms with Crippen molar-refractivity contribution >= 4 is 66.3 Å². The number of benzene rings is 9. The summed E-state index contributed by atoms with van der Waals surface area (Å²) in [6, 6.07) is 77.8. The molecule has 1 spiro atoms. The monoisotopic (exact) mass is 777 g/mol. The van der Waals surface area contributed by atoms with Gasteiger partial charge in [0.05, 0.1) is 38.8 Å². The molecule has 9 aromatic carbocycles. The van der Waals surface area contributed by atoms with Crippen molar-refractivity contribution in [3.05, 3.63) is 229 Å². The highest BCUT2D eigenvalue weighted by atomic mass is 15.4. The summed E-state index contributed by atoms with van der Waals surface area (Å²) in [7, 11) is 0. The molecule has 5 nitrogen and oxygen atoms in total. The SMILES string of the molecule is c1ccc(N2c3nc4ccccc4n3-c3ccc(-n4c5ccccc5c5cc6c(cc54)c4ccccc4n6-c4ccccc4)cc3C23c2ccccc2-c2ccccc23)cc1. The van der Waals surface area contributed by atoms with Crippen LogP contribution in [0.1, 0.15) is 16.7 Å². The number of nitrogens with zero attached hydrogens (tertiary/aromatic N) is 5. The summed E-state index contributed by atoms with van der Waals surface area (Å²) in [6.07, 6.45) is 0. The first-order chi connectivity index (χ1) is 30.3. The van der Waals surface area contributed by atoms with Crippen molar-refractivity contribution in [3.63, 3.8) is 0 Å². The second-order valence-electron chi connectivity index (χ2n) is 16.3. The van der Waals surface area contributed by atoms with E-state index in [2.05, 4.69) is 231 Å². The van der Waals surface area contributed by atoms with Gasteiger partial charge in [-0.05, 0) is 101 Å². The summed E-state index contributed by atoms with van der Waals surface area (Å²) in [5, 5.41) is 4.92. The third kappa shape index (κ3) is 4.17. The molecule has 2 aliphatic rings. The Morgan fingerprint density at radius 3 is 1.48 bits per heavy atom.